The summed E-state index contributed by atoms with van der Waals surface area (Å²) in [5.41, 5.74) is 0.581. The quantitative estimate of drug-likeness (QED) is 0.205. The SMILES string of the molecule is CCOc1ccc(C2/C(=C(\O)c3cc(Cl)c(OC)c(Cl)c3OC)C(=O)C(=O)N2CCCOC)cc1. The Morgan fingerprint density at radius 1 is 1.06 bits per heavy atom. The van der Waals surface area contributed by atoms with Gasteiger partial charge >= 0.3 is 0 Å². The lowest BCUT2D eigenvalue weighted by Gasteiger charge is -2.25. The molecule has 1 saturated heterocycles. The Morgan fingerprint density at radius 2 is 1.71 bits per heavy atom. The molecule has 0 radical (unpaired) electrons. The first-order valence-electron chi connectivity index (χ1n) is 10.9. The van der Waals surface area contributed by atoms with Crippen LogP contribution in [0.15, 0.2) is 35.9 Å². The van der Waals surface area contributed by atoms with Gasteiger partial charge in [-0.1, -0.05) is 35.3 Å². The van der Waals surface area contributed by atoms with Gasteiger partial charge in [0.1, 0.15) is 16.5 Å². The van der Waals surface area contributed by atoms with Crippen molar-refractivity contribution in [1.82, 2.24) is 4.90 Å². The topological polar surface area (TPSA) is 94.5 Å². The number of benzene rings is 2. The molecule has 188 valence electrons. The second-order valence-electron chi connectivity index (χ2n) is 7.63. The van der Waals surface area contributed by atoms with Crippen LogP contribution in [0.2, 0.25) is 10.0 Å². The standard InChI is InChI=1S/C25H27Cl2NO7/c1-5-35-15-9-7-14(8-10-15)20-18(22(30)25(31)28(20)11-6-12-32-2)21(29)16-13-17(26)24(34-4)19(27)23(16)33-3/h7-10,13,20,29H,5-6,11-12H2,1-4H3/b21-18+. The van der Waals surface area contributed by atoms with Gasteiger partial charge in [-0.3, -0.25) is 9.59 Å². The summed E-state index contributed by atoms with van der Waals surface area (Å²) in [6, 6.07) is 7.53. The Kier molecular flexibility index (Phi) is 8.88. The highest BCUT2D eigenvalue weighted by atomic mass is 35.5. The predicted octanol–water partition coefficient (Wildman–Crippen LogP) is 4.87. The molecule has 0 bridgehead atoms. The molecule has 0 saturated carbocycles. The normalized spacial score (nSPS) is 17.1. The summed E-state index contributed by atoms with van der Waals surface area (Å²) in [4.78, 5) is 27.7. The van der Waals surface area contributed by atoms with Crippen molar-refractivity contribution in [2.45, 2.75) is 19.4 Å². The summed E-state index contributed by atoms with van der Waals surface area (Å²) in [5, 5.41) is 11.5. The van der Waals surface area contributed by atoms with Crippen molar-refractivity contribution in [1.29, 1.82) is 0 Å². The minimum Gasteiger partial charge on any atom is -0.507 e. The van der Waals surface area contributed by atoms with E-state index in [0.717, 1.165) is 0 Å². The summed E-state index contributed by atoms with van der Waals surface area (Å²) in [6.07, 6.45) is 0.501. The highest BCUT2D eigenvalue weighted by Crippen LogP contribution is 2.47. The maximum Gasteiger partial charge on any atom is 0.295 e. The molecule has 1 fully saturated rings. The second-order valence-corrected chi connectivity index (χ2v) is 8.41. The van der Waals surface area contributed by atoms with Gasteiger partial charge in [0, 0.05) is 20.3 Å². The van der Waals surface area contributed by atoms with Gasteiger partial charge < -0.3 is 29.0 Å². The largest absolute Gasteiger partial charge is 0.507 e. The predicted molar refractivity (Wildman–Crippen MR) is 133 cm³/mol. The molecule has 2 aromatic rings. The van der Waals surface area contributed by atoms with Crippen LogP contribution < -0.4 is 14.2 Å². The Balaban J connectivity index is 2.22. The van der Waals surface area contributed by atoms with E-state index in [1.54, 1.807) is 31.4 Å². The number of nitrogens with zero attached hydrogens (tertiary/aromatic N) is 1. The number of Topliss-reactive ketones (excluding diaryl/α,β-unsaturated/α-hetero) is 1. The van der Waals surface area contributed by atoms with E-state index < -0.39 is 23.5 Å². The lowest BCUT2D eigenvalue weighted by atomic mass is 9.94. The van der Waals surface area contributed by atoms with E-state index in [-0.39, 0.29) is 39.2 Å². The molecule has 35 heavy (non-hydrogen) atoms. The van der Waals surface area contributed by atoms with Gasteiger partial charge in [0.05, 0.1) is 43.0 Å². The van der Waals surface area contributed by atoms with Crippen molar-refractivity contribution >= 4 is 40.7 Å². The van der Waals surface area contributed by atoms with Gasteiger partial charge in [-0.25, -0.2) is 0 Å². The fraction of sp³-hybridized carbons (Fsp3) is 0.360. The van der Waals surface area contributed by atoms with Crippen molar-refractivity contribution in [3.8, 4) is 17.2 Å². The van der Waals surface area contributed by atoms with Crippen LogP contribution in [0.3, 0.4) is 0 Å². The van der Waals surface area contributed by atoms with Crippen LogP contribution in [0.1, 0.15) is 30.5 Å². The maximum absolute atomic E-state index is 13.2. The molecule has 1 N–H and O–H groups in total. The van der Waals surface area contributed by atoms with Gasteiger partial charge in [-0.15, -0.1) is 0 Å². The number of ketones is 1. The number of hydrogen-bond acceptors (Lipinski definition) is 7. The van der Waals surface area contributed by atoms with Crippen molar-refractivity contribution in [3.63, 3.8) is 0 Å². The van der Waals surface area contributed by atoms with E-state index in [0.29, 0.717) is 30.9 Å². The zero-order valence-corrected chi connectivity index (χ0v) is 21.4. The van der Waals surface area contributed by atoms with Crippen molar-refractivity contribution in [2.24, 2.45) is 0 Å². The highest BCUT2D eigenvalue weighted by molar-refractivity contribution is 6.47. The summed E-state index contributed by atoms with van der Waals surface area (Å²) in [6.45, 7) is 3.01. The first kappa shape index (κ1) is 26.7. The molecular formula is C25H27Cl2NO7. The Bertz CT molecular complexity index is 1130. The van der Waals surface area contributed by atoms with Crippen LogP contribution in [0.4, 0.5) is 0 Å². The van der Waals surface area contributed by atoms with Crippen LogP contribution in [-0.4, -0.2) is 62.8 Å². The van der Waals surface area contributed by atoms with Crippen LogP contribution in [0.5, 0.6) is 17.2 Å². The average molecular weight is 524 g/mol. The summed E-state index contributed by atoms with van der Waals surface area (Å²) < 4.78 is 21.2. The number of ether oxygens (including phenoxy) is 4. The highest BCUT2D eigenvalue weighted by Gasteiger charge is 2.46. The van der Waals surface area contributed by atoms with E-state index in [2.05, 4.69) is 0 Å². The van der Waals surface area contributed by atoms with Crippen molar-refractivity contribution in [2.75, 3.05) is 41.1 Å². The third-order valence-corrected chi connectivity index (χ3v) is 6.21. The zero-order chi connectivity index (χ0) is 25.7. The van der Waals surface area contributed by atoms with Gasteiger partial charge in [0.15, 0.2) is 11.5 Å². The van der Waals surface area contributed by atoms with Crippen molar-refractivity contribution in [3.05, 3.63) is 57.1 Å². The van der Waals surface area contributed by atoms with E-state index in [1.807, 2.05) is 6.92 Å². The van der Waals surface area contributed by atoms with Crippen LogP contribution in [0, 0.1) is 0 Å². The maximum atomic E-state index is 13.2. The molecule has 3 rings (SSSR count). The van der Waals surface area contributed by atoms with Gasteiger partial charge in [-0.2, -0.15) is 0 Å². The summed E-state index contributed by atoms with van der Waals surface area (Å²) >= 11 is 12.7. The van der Waals surface area contributed by atoms with E-state index in [4.69, 9.17) is 42.1 Å². The number of aliphatic hydroxyl groups is 1. The van der Waals surface area contributed by atoms with E-state index in [1.165, 1.54) is 25.2 Å². The molecule has 1 amide bonds. The fourth-order valence-corrected chi connectivity index (χ4v) is 4.73. The fourth-order valence-electron chi connectivity index (χ4n) is 4.04. The van der Waals surface area contributed by atoms with Gasteiger partial charge in [-0.05, 0) is 37.1 Å². The molecule has 1 unspecified atom stereocenters. The summed E-state index contributed by atoms with van der Waals surface area (Å²) in [7, 11) is 4.31. The monoisotopic (exact) mass is 523 g/mol. The smallest absolute Gasteiger partial charge is 0.295 e. The number of amides is 1. The second kappa shape index (κ2) is 11.7. The molecule has 10 heteroatoms. The first-order chi connectivity index (χ1) is 16.8. The molecule has 1 aliphatic heterocycles. The third-order valence-electron chi connectivity index (χ3n) is 5.59. The number of rotatable bonds is 10. The average Bonchev–Trinajstić information content (AvgIpc) is 3.09. The summed E-state index contributed by atoms with van der Waals surface area (Å²) in [5.74, 6) is -1.16. The minimum absolute atomic E-state index is 0.0241. The molecular weight excluding hydrogens is 497 g/mol. The Morgan fingerprint density at radius 3 is 2.29 bits per heavy atom. The Hall–Kier alpha value is -2.94. The third kappa shape index (κ3) is 5.19. The Labute approximate surface area is 213 Å². The lowest BCUT2D eigenvalue weighted by Crippen LogP contribution is -2.31. The number of hydrogen-bond donors (Lipinski definition) is 1. The first-order valence-corrected chi connectivity index (χ1v) is 11.7. The molecule has 1 atom stereocenters. The number of halogens is 2. The van der Waals surface area contributed by atoms with E-state index >= 15 is 0 Å². The molecule has 0 spiro atoms. The molecule has 8 nitrogen and oxygen atoms in total. The van der Waals surface area contributed by atoms with Gasteiger partial charge in [0.25, 0.3) is 11.7 Å². The number of likely N-dealkylation sites (tertiary alicyclic amines) is 1. The van der Waals surface area contributed by atoms with Crippen LogP contribution >= 0.6 is 23.2 Å². The molecule has 2 aromatic carbocycles. The molecule has 0 aromatic heterocycles. The van der Waals surface area contributed by atoms with E-state index in [9.17, 15) is 14.7 Å². The minimum atomic E-state index is -0.855. The number of carbonyl (C=O) groups is 2. The van der Waals surface area contributed by atoms with Crippen LogP contribution in [-0.2, 0) is 14.3 Å². The van der Waals surface area contributed by atoms with Gasteiger partial charge in [0.2, 0.25) is 0 Å². The zero-order valence-electron chi connectivity index (χ0n) is 19.9. The van der Waals surface area contributed by atoms with Crippen molar-refractivity contribution < 1.29 is 33.6 Å². The molecule has 1 aliphatic rings. The number of aliphatic hydroxyl groups excluding tert-OH is 1. The van der Waals surface area contributed by atoms with Crippen LogP contribution in [0.25, 0.3) is 5.76 Å². The molecule has 1 heterocycles. The molecule has 0 aliphatic carbocycles. The number of methoxy groups -OCH3 is 3. The number of carbonyl (C=O) groups excluding carboxylic acids is 2. The lowest BCUT2D eigenvalue weighted by molar-refractivity contribution is -0.140.